The van der Waals surface area contributed by atoms with Crippen molar-refractivity contribution in [3.63, 3.8) is 0 Å². The van der Waals surface area contributed by atoms with E-state index in [-0.39, 0.29) is 11.0 Å². The van der Waals surface area contributed by atoms with Gasteiger partial charge in [-0.15, -0.1) is 11.3 Å². The number of hydrogen-bond acceptors (Lipinski definition) is 4. The third kappa shape index (κ3) is 6.09. The van der Waals surface area contributed by atoms with E-state index >= 15 is 0 Å². The Bertz CT molecular complexity index is 734. The highest BCUT2D eigenvalue weighted by molar-refractivity contribution is 7.80. The molecule has 0 aromatic carbocycles. The minimum Gasteiger partial charge on any atom is -0.365 e. The molecule has 0 saturated heterocycles. The van der Waals surface area contributed by atoms with E-state index in [9.17, 15) is 9.59 Å². The molecule has 1 aromatic rings. The zero-order valence-electron chi connectivity index (χ0n) is 14.7. The number of nitrogens with two attached hydrogens (primary N) is 1. The molecule has 11 heteroatoms. The fourth-order valence-corrected chi connectivity index (χ4v) is 4.76. The summed E-state index contributed by atoms with van der Waals surface area (Å²) in [6.45, 7) is 1.87. The lowest BCUT2D eigenvalue weighted by Gasteiger charge is -2.27. The molecular weight excluding hydrogens is 451 g/mol. The number of thiophene rings is 1. The van der Waals surface area contributed by atoms with Crippen LogP contribution in [0.15, 0.2) is 0 Å². The van der Waals surface area contributed by atoms with Crippen molar-refractivity contribution in [1.29, 1.82) is 0 Å². The Hall–Kier alpha value is -0.800. The van der Waals surface area contributed by atoms with Gasteiger partial charge in [0.2, 0.25) is 9.70 Å². The number of halogens is 3. The molecule has 5 N–H and O–H groups in total. The van der Waals surface area contributed by atoms with Gasteiger partial charge in [0, 0.05) is 11.3 Å². The molecule has 1 heterocycles. The molecule has 0 saturated carbocycles. The van der Waals surface area contributed by atoms with Crippen LogP contribution in [0, 0.1) is 0 Å². The van der Waals surface area contributed by atoms with Crippen LogP contribution in [-0.2, 0) is 17.6 Å². The Labute approximate surface area is 182 Å². The van der Waals surface area contributed by atoms with Gasteiger partial charge in [0.25, 0.3) is 5.91 Å². The Morgan fingerprint density at radius 1 is 1.26 bits per heavy atom. The van der Waals surface area contributed by atoms with E-state index in [1.807, 2.05) is 6.92 Å². The van der Waals surface area contributed by atoms with Crippen LogP contribution in [0.25, 0.3) is 0 Å². The van der Waals surface area contributed by atoms with Crippen LogP contribution in [0.2, 0.25) is 0 Å². The topological polar surface area (TPSA) is 96.2 Å². The second kappa shape index (κ2) is 9.60. The highest BCUT2D eigenvalue weighted by Gasteiger charge is 2.35. The number of primary amides is 1. The lowest BCUT2D eigenvalue weighted by molar-refractivity contribution is -0.121. The average molecular weight is 472 g/mol. The lowest BCUT2D eigenvalue weighted by atomic mass is 9.95. The van der Waals surface area contributed by atoms with Crippen molar-refractivity contribution in [3.8, 4) is 0 Å². The number of nitrogens with one attached hydrogen (secondary N) is 3. The van der Waals surface area contributed by atoms with Crippen molar-refractivity contribution >= 4 is 80.3 Å². The van der Waals surface area contributed by atoms with Gasteiger partial charge in [-0.05, 0) is 49.9 Å². The van der Waals surface area contributed by atoms with E-state index in [0.717, 1.165) is 36.1 Å². The van der Waals surface area contributed by atoms with Crippen molar-refractivity contribution < 1.29 is 9.59 Å². The molecule has 1 aliphatic rings. The molecule has 1 aromatic heterocycles. The van der Waals surface area contributed by atoms with Gasteiger partial charge in [-0.25, -0.2) is 0 Å². The average Bonchev–Trinajstić information content (AvgIpc) is 2.91. The predicted molar refractivity (Wildman–Crippen MR) is 116 cm³/mol. The van der Waals surface area contributed by atoms with E-state index in [1.165, 1.54) is 11.3 Å². The molecule has 27 heavy (non-hydrogen) atoms. The summed E-state index contributed by atoms with van der Waals surface area (Å²) in [7, 11) is 0. The van der Waals surface area contributed by atoms with Crippen molar-refractivity contribution in [3.05, 3.63) is 16.0 Å². The molecule has 0 spiro atoms. The van der Waals surface area contributed by atoms with Crippen molar-refractivity contribution in [2.45, 2.75) is 55.4 Å². The highest BCUT2D eigenvalue weighted by atomic mass is 35.6. The van der Waals surface area contributed by atoms with Crippen molar-refractivity contribution in [1.82, 2.24) is 10.6 Å². The van der Waals surface area contributed by atoms with Gasteiger partial charge in [-0.3, -0.25) is 9.59 Å². The van der Waals surface area contributed by atoms with Gasteiger partial charge in [0.15, 0.2) is 5.11 Å². The lowest BCUT2D eigenvalue weighted by Crippen LogP contribution is -2.56. The Morgan fingerprint density at radius 3 is 2.52 bits per heavy atom. The fraction of sp³-hybridized carbons (Fsp3) is 0.562. The van der Waals surface area contributed by atoms with Gasteiger partial charge in [-0.2, -0.15) is 0 Å². The number of thiocarbonyl (C=S) groups is 1. The third-order valence-electron chi connectivity index (χ3n) is 4.03. The maximum Gasteiger partial charge on any atom is 0.251 e. The van der Waals surface area contributed by atoms with Crippen LogP contribution >= 0.6 is 58.4 Å². The van der Waals surface area contributed by atoms with Crippen LogP contribution in [0.1, 0.15) is 53.4 Å². The van der Waals surface area contributed by atoms with Crippen molar-refractivity contribution in [2.75, 3.05) is 5.32 Å². The second-order valence-corrected chi connectivity index (χ2v) is 10.1. The van der Waals surface area contributed by atoms with Gasteiger partial charge in [-0.1, -0.05) is 41.7 Å². The summed E-state index contributed by atoms with van der Waals surface area (Å²) in [6, 6.07) is 0. The molecule has 0 bridgehead atoms. The number of aryl methyl sites for hydroxylation is 1. The summed E-state index contributed by atoms with van der Waals surface area (Å²) in [6.07, 6.45) is 3.74. The van der Waals surface area contributed by atoms with Gasteiger partial charge in [0.05, 0.1) is 5.56 Å². The normalized spacial score (nSPS) is 14.8. The van der Waals surface area contributed by atoms with Crippen LogP contribution < -0.4 is 21.7 Å². The second-order valence-electron chi connectivity index (χ2n) is 6.17. The molecule has 2 amide bonds. The van der Waals surface area contributed by atoms with Crippen LogP contribution in [0.3, 0.4) is 0 Å². The first-order chi connectivity index (χ1) is 12.6. The number of hydrogen-bond donors (Lipinski definition) is 4. The number of alkyl halides is 3. The maximum atomic E-state index is 11.9. The zero-order chi connectivity index (χ0) is 20.2. The number of carbonyl (C=O) groups excluding carboxylic acids is 2. The SMILES string of the molecule is CCCC(=O)NC(NC(=S)Nc1sc2c(c1C(N)=O)CCCC2)C(Cl)(Cl)Cl. The molecule has 1 atom stereocenters. The minimum atomic E-state index is -1.82. The number of carbonyl (C=O) groups is 2. The van der Waals surface area contributed by atoms with E-state index < -0.39 is 15.9 Å². The molecule has 0 radical (unpaired) electrons. The quantitative estimate of drug-likeness (QED) is 0.289. The number of anilines is 1. The number of rotatable bonds is 6. The Balaban J connectivity index is 2.14. The number of fused-ring (bicyclic) bond motifs is 1. The van der Waals surface area contributed by atoms with E-state index in [4.69, 9.17) is 52.8 Å². The number of amides is 2. The van der Waals surface area contributed by atoms with E-state index in [1.54, 1.807) is 0 Å². The monoisotopic (exact) mass is 470 g/mol. The molecular formula is C16H21Cl3N4O2S2. The van der Waals surface area contributed by atoms with Crippen LogP contribution in [0.5, 0.6) is 0 Å². The molecule has 2 rings (SSSR count). The van der Waals surface area contributed by atoms with Crippen LogP contribution in [0.4, 0.5) is 5.00 Å². The maximum absolute atomic E-state index is 11.9. The first-order valence-corrected chi connectivity index (χ1v) is 10.9. The van der Waals surface area contributed by atoms with E-state index in [2.05, 4.69) is 16.0 Å². The van der Waals surface area contributed by atoms with Crippen LogP contribution in [-0.4, -0.2) is 26.9 Å². The molecule has 0 fully saturated rings. The summed E-state index contributed by atoms with van der Waals surface area (Å²) in [5.41, 5.74) is 7.01. The third-order valence-corrected chi connectivity index (χ3v) is 6.11. The minimum absolute atomic E-state index is 0.115. The summed E-state index contributed by atoms with van der Waals surface area (Å²) < 4.78 is -1.82. The standard InChI is InChI=1S/C16H21Cl3N4O2S2/c1-2-5-10(24)21-14(16(17,18)19)23-15(26)22-13-11(12(20)25)8-6-3-4-7-9(8)27-13/h14H,2-7H2,1H3,(H2,20,25)(H,21,24)(H2,22,23,26). The van der Waals surface area contributed by atoms with Gasteiger partial charge < -0.3 is 21.7 Å². The zero-order valence-corrected chi connectivity index (χ0v) is 18.6. The van der Waals surface area contributed by atoms with E-state index in [0.29, 0.717) is 23.4 Å². The molecule has 0 aliphatic heterocycles. The van der Waals surface area contributed by atoms with Crippen molar-refractivity contribution in [2.24, 2.45) is 5.73 Å². The first kappa shape index (κ1) is 22.5. The molecule has 150 valence electrons. The van der Waals surface area contributed by atoms with Gasteiger partial charge in [0.1, 0.15) is 11.2 Å². The molecule has 1 unspecified atom stereocenters. The molecule has 1 aliphatic carbocycles. The summed E-state index contributed by atoms with van der Waals surface area (Å²) in [5, 5.41) is 9.04. The predicted octanol–water partition coefficient (Wildman–Crippen LogP) is 3.62. The first-order valence-electron chi connectivity index (χ1n) is 8.51. The summed E-state index contributed by atoms with van der Waals surface area (Å²) >= 11 is 24.6. The Morgan fingerprint density at radius 2 is 1.93 bits per heavy atom. The summed E-state index contributed by atoms with van der Waals surface area (Å²) in [5.74, 6) is -0.776. The molecule has 6 nitrogen and oxygen atoms in total. The Kier molecular flexibility index (Phi) is 8.00. The smallest absolute Gasteiger partial charge is 0.251 e. The van der Waals surface area contributed by atoms with Gasteiger partial charge >= 0.3 is 0 Å². The largest absolute Gasteiger partial charge is 0.365 e. The summed E-state index contributed by atoms with van der Waals surface area (Å²) in [4.78, 5) is 24.9. The fourth-order valence-electron chi connectivity index (χ4n) is 2.84. The highest BCUT2D eigenvalue weighted by Crippen LogP contribution is 2.38.